The lowest BCUT2D eigenvalue weighted by atomic mass is 10.4. The van der Waals surface area contributed by atoms with Gasteiger partial charge in [0.05, 0.1) is 0 Å². The summed E-state index contributed by atoms with van der Waals surface area (Å²) in [6.07, 6.45) is -0.0803. The van der Waals surface area contributed by atoms with Crippen LogP contribution in [0.1, 0.15) is 20.3 Å². The van der Waals surface area contributed by atoms with E-state index in [1.165, 1.54) is 13.8 Å². The van der Waals surface area contributed by atoms with Crippen LogP contribution in [0, 0.1) is 0 Å². The van der Waals surface area contributed by atoms with Crippen molar-refractivity contribution in [3.8, 4) is 0 Å². The molecule has 0 atom stereocenters. The quantitative estimate of drug-likeness (QED) is 0.344. The molecule has 0 aromatic carbocycles. The van der Waals surface area contributed by atoms with E-state index in [0.29, 0.717) is 6.42 Å². The minimum atomic E-state index is -0.683. The van der Waals surface area contributed by atoms with Crippen molar-refractivity contribution in [2.24, 2.45) is 0 Å². The van der Waals surface area contributed by atoms with Gasteiger partial charge in [-0.25, -0.2) is 0 Å². The van der Waals surface area contributed by atoms with Gasteiger partial charge in [-0.2, -0.15) is 0 Å². The van der Waals surface area contributed by atoms with Crippen LogP contribution in [0.4, 0.5) is 0 Å². The zero-order chi connectivity index (χ0) is 9.56. The fourth-order valence-electron chi connectivity index (χ4n) is 0.748. The molecule has 0 bridgehead atoms. The van der Waals surface area contributed by atoms with E-state index in [-0.39, 0.29) is 0 Å². The second kappa shape index (κ2) is 5.76. The van der Waals surface area contributed by atoms with E-state index in [9.17, 15) is 9.59 Å². The summed E-state index contributed by atoms with van der Waals surface area (Å²) in [4.78, 5) is 21.0. The Labute approximate surface area is 74.7 Å². The predicted octanol–water partition coefficient (Wildman–Crippen LogP) is -0.387. The third-order valence-corrected chi connectivity index (χ3v) is 1.70. The first-order valence-corrected chi connectivity index (χ1v) is 5.32. The van der Waals surface area contributed by atoms with Crippen LogP contribution in [0.3, 0.4) is 0 Å². The highest BCUT2D eigenvalue weighted by atomic mass is 28.1. The van der Waals surface area contributed by atoms with Crippen molar-refractivity contribution >= 4 is 22.2 Å². The summed E-state index contributed by atoms with van der Waals surface area (Å²) in [6, 6.07) is 0.936. The van der Waals surface area contributed by atoms with Gasteiger partial charge in [-0.3, -0.25) is 9.59 Å². The van der Waals surface area contributed by atoms with Gasteiger partial charge in [0, 0.05) is 30.5 Å². The van der Waals surface area contributed by atoms with Gasteiger partial charge in [0.2, 0.25) is 6.29 Å². The van der Waals surface area contributed by atoms with Crippen LogP contribution in [0.15, 0.2) is 0 Å². The molecule has 0 aliphatic rings. The molecule has 0 fully saturated rings. The zero-order valence-corrected chi connectivity index (χ0v) is 9.62. The lowest BCUT2D eigenvalue weighted by molar-refractivity contribution is -0.184. The van der Waals surface area contributed by atoms with E-state index in [4.69, 9.17) is 9.47 Å². The molecule has 12 heavy (non-hydrogen) atoms. The highest BCUT2D eigenvalue weighted by molar-refractivity contribution is 6.08. The molecule has 0 heterocycles. The summed E-state index contributed by atoms with van der Waals surface area (Å²) in [5.74, 6) is -0.840. The topological polar surface area (TPSA) is 52.6 Å². The molecule has 0 aromatic rings. The second-order valence-corrected chi connectivity index (χ2v) is 3.44. The molecule has 0 rings (SSSR count). The number of hydrogen-bond acceptors (Lipinski definition) is 4. The largest absolute Gasteiger partial charge is 0.425 e. The van der Waals surface area contributed by atoms with Crippen LogP contribution in [-0.4, -0.2) is 28.5 Å². The number of ether oxygens (including phenoxy) is 2. The fourth-order valence-corrected chi connectivity index (χ4v) is 1.22. The van der Waals surface area contributed by atoms with Gasteiger partial charge in [0.1, 0.15) is 0 Å². The SMILES string of the molecule is CC(=O)OC(CC[SiH3])OC(C)=O. The molecule has 0 amide bonds. The van der Waals surface area contributed by atoms with Crippen molar-refractivity contribution in [1.29, 1.82) is 0 Å². The maximum absolute atomic E-state index is 10.5. The molecule has 0 spiro atoms. The lowest BCUT2D eigenvalue weighted by Crippen LogP contribution is -2.22. The Morgan fingerprint density at radius 3 is 1.92 bits per heavy atom. The number of hydrogen-bond donors (Lipinski definition) is 0. The molecular formula is C7H14O4Si. The Balaban J connectivity index is 3.85. The maximum Gasteiger partial charge on any atom is 0.305 e. The standard InChI is InChI=1S/C7H14O4Si/c1-5(8)10-7(3-4-12)11-6(2)9/h7H,3-4H2,1-2,12H3. The third kappa shape index (κ3) is 5.91. The van der Waals surface area contributed by atoms with Gasteiger partial charge in [-0.1, -0.05) is 6.04 Å². The lowest BCUT2D eigenvalue weighted by Gasteiger charge is -2.15. The molecule has 0 saturated carbocycles. The van der Waals surface area contributed by atoms with E-state index in [2.05, 4.69) is 0 Å². The second-order valence-electron chi connectivity index (χ2n) is 2.44. The van der Waals surface area contributed by atoms with Gasteiger partial charge in [-0.15, -0.1) is 0 Å². The van der Waals surface area contributed by atoms with Crippen LogP contribution >= 0.6 is 0 Å². The number of esters is 2. The van der Waals surface area contributed by atoms with Crippen LogP contribution in [0.5, 0.6) is 0 Å². The number of rotatable bonds is 4. The van der Waals surface area contributed by atoms with E-state index in [1.54, 1.807) is 0 Å². The smallest absolute Gasteiger partial charge is 0.305 e. The summed E-state index contributed by atoms with van der Waals surface area (Å²) in [5, 5.41) is 0. The average Bonchev–Trinajstić information content (AvgIpc) is 1.84. The fraction of sp³-hybridized carbons (Fsp3) is 0.714. The molecule has 0 unspecified atom stereocenters. The van der Waals surface area contributed by atoms with Crippen LogP contribution in [-0.2, 0) is 19.1 Å². The Kier molecular flexibility index (Phi) is 5.36. The normalized spacial score (nSPS) is 9.92. The first-order valence-electron chi connectivity index (χ1n) is 3.90. The Morgan fingerprint density at radius 1 is 1.25 bits per heavy atom. The Hall–Kier alpha value is -0.843. The predicted molar refractivity (Wildman–Crippen MR) is 46.7 cm³/mol. The number of carbonyl (C=O) groups excluding carboxylic acids is 2. The minimum absolute atomic E-state index is 0.420. The van der Waals surface area contributed by atoms with Crippen molar-refractivity contribution in [3.05, 3.63) is 0 Å². The van der Waals surface area contributed by atoms with Crippen molar-refractivity contribution in [3.63, 3.8) is 0 Å². The van der Waals surface area contributed by atoms with E-state index in [1.807, 2.05) is 0 Å². The summed E-state index contributed by atoms with van der Waals surface area (Å²) in [7, 11) is 1.01. The minimum Gasteiger partial charge on any atom is -0.425 e. The molecule has 70 valence electrons. The van der Waals surface area contributed by atoms with Gasteiger partial charge < -0.3 is 9.47 Å². The molecule has 5 heteroatoms. The van der Waals surface area contributed by atoms with Crippen molar-refractivity contribution in [2.45, 2.75) is 32.6 Å². The van der Waals surface area contributed by atoms with Crippen molar-refractivity contribution in [2.75, 3.05) is 0 Å². The molecule has 0 aromatic heterocycles. The van der Waals surface area contributed by atoms with Gasteiger partial charge in [0.15, 0.2) is 0 Å². The molecule has 0 radical (unpaired) electrons. The zero-order valence-electron chi connectivity index (χ0n) is 7.62. The monoisotopic (exact) mass is 190 g/mol. The number of carbonyl (C=O) groups is 2. The van der Waals surface area contributed by atoms with Gasteiger partial charge in [-0.05, 0) is 0 Å². The molecule has 0 aliphatic carbocycles. The van der Waals surface area contributed by atoms with Gasteiger partial charge in [0.25, 0.3) is 0 Å². The van der Waals surface area contributed by atoms with Crippen LogP contribution < -0.4 is 0 Å². The Bertz CT molecular complexity index is 153. The molecule has 4 nitrogen and oxygen atoms in total. The van der Waals surface area contributed by atoms with Crippen molar-refractivity contribution in [1.82, 2.24) is 0 Å². The molecular weight excluding hydrogens is 176 g/mol. The van der Waals surface area contributed by atoms with Crippen molar-refractivity contribution < 1.29 is 19.1 Å². The first kappa shape index (κ1) is 11.2. The van der Waals surface area contributed by atoms with E-state index >= 15 is 0 Å². The summed E-state index contributed by atoms with van der Waals surface area (Å²) >= 11 is 0. The summed E-state index contributed by atoms with van der Waals surface area (Å²) in [5.41, 5.74) is 0. The molecule has 0 aliphatic heterocycles. The van der Waals surface area contributed by atoms with Crippen LogP contribution in [0.25, 0.3) is 0 Å². The highest BCUT2D eigenvalue weighted by Gasteiger charge is 2.12. The summed E-state index contributed by atoms with van der Waals surface area (Å²) in [6.45, 7) is 2.59. The highest BCUT2D eigenvalue weighted by Crippen LogP contribution is 2.03. The van der Waals surface area contributed by atoms with Gasteiger partial charge >= 0.3 is 11.9 Å². The first-order chi connectivity index (χ1) is 5.56. The van der Waals surface area contributed by atoms with E-state index < -0.39 is 18.2 Å². The Morgan fingerprint density at radius 2 is 1.67 bits per heavy atom. The summed E-state index contributed by atoms with van der Waals surface area (Å²) < 4.78 is 9.48. The van der Waals surface area contributed by atoms with E-state index in [0.717, 1.165) is 16.3 Å². The molecule has 0 N–H and O–H groups in total. The molecule has 0 saturated heterocycles. The third-order valence-electron chi connectivity index (χ3n) is 1.12. The average molecular weight is 190 g/mol. The van der Waals surface area contributed by atoms with Crippen LogP contribution in [0.2, 0.25) is 6.04 Å². The maximum atomic E-state index is 10.5.